The van der Waals surface area contributed by atoms with Crippen LogP contribution in [-0.2, 0) is 14.8 Å². The van der Waals surface area contributed by atoms with Gasteiger partial charge in [-0.2, -0.15) is 4.31 Å². The number of benzene rings is 2. The largest absolute Gasteiger partial charge is 0.302 e. The second kappa shape index (κ2) is 8.22. The Bertz CT molecular complexity index is 1130. The van der Waals surface area contributed by atoms with E-state index in [2.05, 4.69) is 10.3 Å². The van der Waals surface area contributed by atoms with Gasteiger partial charge in [0.15, 0.2) is 5.13 Å². The summed E-state index contributed by atoms with van der Waals surface area (Å²) < 4.78 is 28.7. The fourth-order valence-corrected chi connectivity index (χ4v) is 6.39. The summed E-state index contributed by atoms with van der Waals surface area (Å²) in [6.45, 7) is 2.46. The van der Waals surface area contributed by atoms with Crippen molar-refractivity contribution >= 4 is 42.6 Å². The van der Waals surface area contributed by atoms with Crippen molar-refractivity contribution in [3.8, 4) is 0 Å². The molecule has 6 nitrogen and oxygen atoms in total. The molecule has 1 aromatic heterocycles. The predicted octanol–water partition coefficient (Wildman–Crippen LogP) is 4.18. The Kier molecular flexibility index (Phi) is 5.67. The molecule has 152 valence electrons. The number of nitrogens with one attached hydrogen (secondary N) is 1. The van der Waals surface area contributed by atoms with Crippen LogP contribution in [0.1, 0.15) is 31.2 Å². The summed E-state index contributed by atoms with van der Waals surface area (Å²) in [4.78, 5) is 17.4. The highest BCUT2D eigenvalue weighted by atomic mass is 32.2. The third-order valence-electron chi connectivity index (χ3n) is 5.13. The van der Waals surface area contributed by atoms with Gasteiger partial charge in [0, 0.05) is 19.0 Å². The van der Waals surface area contributed by atoms with Gasteiger partial charge in [0.2, 0.25) is 15.9 Å². The molecule has 8 heteroatoms. The van der Waals surface area contributed by atoms with Crippen LogP contribution in [0.5, 0.6) is 0 Å². The van der Waals surface area contributed by atoms with Crippen LogP contribution in [0.3, 0.4) is 0 Å². The van der Waals surface area contributed by atoms with E-state index in [0.29, 0.717) is 18.1 Å². The van der Waals surface area contributed by atoms with Gasteiger partial charge in [-0.1, -0.05) is 42.0 Å². The highest BCUT2D eigenvalue weighted by Crippen LogP contribution is 2.29. The zero-order chi connectivity index (χ0) is 20.4. The molecule has 4 rings (SSSR count). The maximum atomic E-state index is 13.1. The van der Waals surface area contributed by atoms with Gasteiger partial charge in [0.1, 0.15) is 0 Å². The van der Waals surface area contributed by atoms with Gasteiger partial charge < -0.3 is 5.32 Å². The van der Waals surface area contributed by atoms with E-state index in [4.69, 9.17) is 0 Å². The van der Waals surface area contributed by atoms with Crippen molar-refractivity contribution in [2.75, 3.05) is 11.9 Å². The quantitative estimate of drug-likeness (QED) is 0.660. The minimum atomic E-state index is -3.61. The predicted molar refractivity (Wildman–Crippen MR) is 116 cm³/mol. The van der Waals surface area contributed by atoms with Crippen molar-refractivity contribution in [2.24, 2.45) is 0 Å². The van der Waals surface area contributed by atoms with Gasteiger partial charge in [0.25, 0.3) is 0 Å². The number of hydrogen-bond donors (Lipinski definition) is 1. The SMILES string of the molecule is Cc1ccc2nc(NC(=O)C[C@@H]3CCCCN3S(=O)(=O)c3ccccc3)sc2c1. The molecule has 1 atom stereocenters. The van der Waals surface area contributed by atoms with Crippen LogP contribution >= 0.6 is 11.3 Å². The number of sulfonamides is 1. The fraction of sp³-hybridized carbons (Fsp3) is 0.333. The van der Waals surface area contributed by atoms with Gasteiger partial charge in [0.05, 0.1) is 15.1 Å². The summed E-state index contributed by atoms with van der Waals surface area (Å²) in [5.41, 5.74) is 1.99. The molecule has 1 aliphatic heterocycles. The van der Waals surface area contributed by atoms with E-state index in [1.165, 1.54) is 15.6 Å². The normalized spacial score (nSPS) is 18.0. The fourth-order valence-electron chi connectivity index (χ4n) is 3.69. The van der Waals surface area contributed by atoms with Gasteiger partial charge >= 0.3 is 0 Å². The number of hydrogen-bond acceptors (Lipinski definition) is 5. The van der Waals surface area contributed by atoms with Crippen molar-refractivity contribution in [2.45, 2.75) is 43.5 Å². The lowest BCUT2D eigenvalue weighted by molar-refractivity contribution is -0.117. The molecule has 0 saturated carbocycles. The molecule has 2 aromatic carbocycles. The zero-order valence-electron chi connectivity index (χ0n) is 16.2. The first kappa shape index (κ1) is 20.0. The van der Waals surface area contributed by atoms with E-state index in [-0.39, 0.29) is 23.3 Å². The van der Waals surface area contributed by atoms with Crippen LogP contribution in [0.25, 0.3) is 10.2 Å². The van der Waals surface area contributed by atoms with Crippen molar-refractivity contribution in [1.29, 1.82) is 0 Å². The Morgan fingerprint density at radius 3 is 2.79 bits per heavy atom. The monoisotopic (exact) mass is 429 g/mol. The van der Waals surface area contributed by atoms with E-state index in [0.717, 1.165) is 28.6 Å². The lowest BCUT2D eigenvalue weighted by Crippen LogP contribution is -2.45. The lowest BCUT2D eigenvalue weighted by Gasteiger charge is -2.34. The van der Waals surface area contributed by atoms with E-state index in [1.807, 2.05) is 25.1 Å². The van der Waals surface area contributed by atoms with Crippen LogP contribution < -0.4 is 5.32 Å². The van der Waals surface area contributed by atoms with Gasteiger partial charge in [-0.25, -0.2) is 13.4 Å². The van der Waals surface area contributed by atoms with Crippen molar-refractivity contribution in [1.82, 2.24) is 9.29 Å². The van der Waals surface area contributed by atoms with Gasteiger partial charge in [-0.3, -0.25) is 4.79 Å². The molecule has 0 bridgehead atoms. The Balaban J connectivity index is 1.49. The van der Waals surface area contributed by atoms with Crippen molar-refractivity contribution in [3.63, 3.8) is 0 Å². The maximum Gasteiger partial charge on any atom is 0.243 e. The number of rotatable bonds is 5. The Morgan fingerprint density at radius 1 is 1.21 bits per heavy atom. The van der Waals surface area contributed by atoms with Crippen LogP contribution in [-0.4, -0.2) is 36.2 Å². The number of piperidine rings is 1. The van der Waals surface area contributed by atoms with E-state index in [1.54, 1.807) is 30.3 Å². The third kappa shape index (κ3) is 4.34. The van der Waals surface area contributed by atoms with Crippen LogP contribution in [0, 0.1) is 6.92 Å². The lowest BCUT2D eigenvalue weighted by atomic mass is 10.0. The molecule has 1 aliphatic rings. The molecule has 3 aromatic rings. The standard InChI is InChI=1S/C21H23N3O3S2/c1-15-10-11-18-19(13-15)28-21(22-18)23-20(25)14-16-7-5-6-12-24(16)29(26,27)17-8-3-2-4-9-17/h2-4,8-11,13,16H,5-7,12,14H2,1H3,(H,22,23,25)/t16-/m0/s1. The molecule has 1 fully saturated rings. The van der Waals surface area contributed by atoms with E-state index in [9.17, 15) is 13.2 Å². The van der Waals surface area contributed by atoms with Crippen LogP contribution in [0.15, 0.2) is 53.4 Å². The topological polar surface area (TPSA) is 79.4 Å². The average Bonchev–Trinajstić information content (AvgIpc) is 3.10. The number of carbonyl (C=O) groups is 1. The van der Waals surface area contributed by atoms with Crippen LogP contribution in [0.2, 0.25) is 0 Å². The summed E-state index contributed by atoms with van der Waals surface area (Å²) in [5.74, 6) is -0.207. The summed E-state index contributed by atoms with van der Waals surface area (Å²) in [5, 5.41) is 3.40. The third-order valence-corrected chi connectivity index (χ3v) is 8.03. The number of thiazole rings is 1. The summed E-state index contributed by atoms with van der Waals surface area (Å²) in [6.07, 6.45) is 2.53. The molecular formula is C21H23N3O3S2. The zero-order valence-corrected chi connectivity index (χ0v) is 17.8. The molecule has 1 saturated heterocycles. The van der Waals surface area contributed by atoms with Crippen molar-refractivity contribution < 1.29 is 13.2 Å². The first-order valence-electron chi connectivity index (χ1n) is 9.67. The maximum absolute atomic E-state index is 13.1. The molecule has 1 amide bonds. The average molecular weight is 430 g/mol. The first-order valence-corrected chi connectivity index (χ1v) is 11.9. The number of nitrogens with zero attached hydrogens (tertiary/aromatic N) is 2. The summed E-state index contributed by atoms with van der Waals surface area (Å²) in [6, 6.07) is 14.0. The van der Waals surface area contributed by atoms with E-state index < -0.39 is 10.0 Å². The van der Waals surface area contributed by atoms with Crippen molar-refractivity contribution in [3.05, 3.63) is 54.1 Å². The number of anilines is 1. The summed E-state index contributed by atoms with van der Waals surface area (Å²) >= 11 is 1.43. The molecule has 29 heavy (non-hydrogen) atoms. The molecule has 2 heterocycles. The van der Waals surface area contributed by atoms with Crippen LogP contribution in [0.4, 0.5) is 5.13 Å². The van der Waals surface area contributed by atoms with E-state index >= 15 is 0 Å². The second-order valence-electron chi connectivity index (χ2n) is 7.32. The first-order chi connectivity index (χ1) is 13.9. The highest BCUT2D eigenvalue weighted by Gasteiger charge is 2.34. The van der Waals surface area contributed by atoms with Gasteiger partial charge in [-0.15, -0.1) is 0 Å². The number of carbonyl (C=O) groups excluding carboxylic acids is 1. The molecule has 0 radical (unpaired) electrons. The minimum Gasteiger partial charge on any atom is -0.302 e. The Labute approximate surface area is 174 Å². The Morgan fingerprint density at radius 2 is 2.00 bits per heavy atom. The number of aryl methyl sites for hydroxylation is 1. The van der Waals surface area contributed by atoms with Gasteiger partial charge in [-0.05, 0) is 49.6 Å². The second-order valence-corrected chi connectivity index (χ2v) is 10.2. The molecule has 0 spiro atoms. The minimum absolute atomic E-state index is 0.126. The molecule has 1 N–H and O–H groups in total. The number of fused-ring (bicyclic) bond motifs is 1. The molecule has 0 unspecified atom stereocenters. The molecule has 0 aliphatic carbocycles. The smallest absolute Gasteiger partial charge is 0.243 e. The molecular weight excluding hydrogens is 406 g/mol. The Hall–Kier alpha value is -2.29. The highest BCUT2D eigenvalue weighted by molar-refractivity contribution is 7.89. The number of aromatic nitrogens is 1. The summed E-state index contributed by atoms with van der Waals surface area (Å²) in [7, 11) is -3.61. The number of amides is 1.